The van der Waals surface area contributed by atoms with E-state index in [1.807, 2.05) is 0 Å². The molecule has 48 valence electrons. The fraction of sp³-hybridized carbons (Fsp3) is 0.571. The first-order valence-electron chi connectivity index (χ1n) is 3.06. The second-order valence-corrected chi connectivity index (χ2v) is 2.20. The van der Waals surface area contributed by atoms with Crippen molar-refractivity contribution >= 4 is 5.78 Å². The number of rotatable bonds is 1. The lowest BCUT2D eigenvalue weighted by Crippen LogP contribution is -2.15. The molecule has 0 amide bonds. The van der Waals surface area contributed by atoms with E-state index in [1.165, 1.54) is 0 Å². The van der Waals surface area contributed by atoms with Gasteiger partial charge in [-0.1, -0.05) is 0 Å². The van der Waals surface area contributed by atoms with Crippen LogP contribution in [0.15, 0.2) is 0 Å². The molecule has 0 aromatic rings. The Morgan fingerprint density at radius 2 is 2.56 bits per heavy atom. The summed E-state index contributed by atoms with van der Waals surface area (Å²) >= 11 is 0. The predicted molar refractivity (Wildman–Crippen MR) is 34.8 cm³/mol. The van der Waals surface area contributed by atoms with Crippen molar-refractivity contribution in [3.8, 4) is 12.3 Å². The van der Waals surface area contributed by atoms with Crippen LogP contribution >= 0.6 is 0 Å². The predicted octanol–water partition coefficient (Wildman–Crippen LogP) is -0.202. The molecular weight excluding hydrogens is 114 g/mol. The summed E-state index contributed by atoms with van der Waals surface area (Å²) in [4.78, 5) is 10.7. The maximum Gasteiger partial charge on any atom is 0.209 e. The zero-order chi connectivity index (χ0) is 6.69. The van der Waals surface area contributed by atoms with E-state index in [2.05, 4.69) is 11.2 Å². The Morgan fingerprint density at radius 1 is 1.78 bits per heavy atom. The third kappa shape index (κ3) is 1.30. The molecule has 2 heteroatoms. The summed E-state index contributed by atoms with van der Waals surface area (Å²) in [5.74, 6) is 2.16. The quantitative estimate of drug-likeness (QED) is 0.386. The van der Waals surface area contributed by atoms with E-state index in [-0.39, 0.29) is 11.7 Å². The molecule has 0 bridgehead atoms. The first kappa shape index (κ1) is 6.31. The molecule has 0 aliphatic carbocycles. The van der Waals surface area contributed by atoms with E-state index < -0.39 is 0 Å². The Hall–Kier alpha value is -0.810. The highest BCUT2D eigenvalue weighted by Crippen LogP contribution is 2.07. The lowest BCUT2D eigenvalue weighted by Gasteiger charge is -1.97. The van der Waals surface area contributed by atoms with Gasteiger partial charge in [0.05, 0.1) is 0 Å². The highest BCUT2D eigenvalue weighted by molar-refractivity contribution is 5.97. The van der Waals surface area contributed by atoms with Gasteiger partial charge in [0, 0.05) is 12.5 Å². The molecule has 0 unspecified atom stereocenters. The fourth-order valence-corrected chi connectivity index (χ4v) is 0.996. The summed E-state index contributed by atoms with van der Waals surface area (Å²) in [6.45, 7) is 1.70. The molecule has 0 spiro atoms. The second-order valence-electron chi connectivity index (χ2n) is 2.20. The van der Waals surface area contributed by atoms with Crippen LogP contribution in [0.1, 0.15) is 6.42 Å². The average molecular weight is 123 g/mol. The zero-order valence-electron chi connectivity index (χ0n) is 5.18. The second kappa shape index (κ2) is 2.65. The molecule has 9 heavy (non-hydrogen) atoms. The molecule has 1 saturated heterocycles. The highest BCUT2D eigenvalue weighted by atomic mass is 16.1. The molecule has 0 radical (unpaired) electrons. The first-order chi connectivity index (χ1) is 4.34. The molecule has 1 aliphatic heterocycles. The van der Waals surface area contributed by atoms with Crippen LogP contribution in [0.5, 0.6) is 0 Å². The standard InChI is InChI=1S/C7H9NO/c1-2-7(9)6-3-4-8-5-6/h1,6,8H,3-5H2/t6-/m1/s1. The summed E-state index contributed by atoms with van der Waals surface area (Å²) in [5.41, 5.74) is 0. The van der Waals surface area contributed by atoms with Crippen molar-refractivity contribution in [3.63, 3.8) is 0 Å². The van der Waals surface area contributed by atoms with E-state index in [9.17, 15) is 4.79 Å². The monoisotopic (exact) mass is 123 g/mol. The minimum atomic E-state index is -0.0556. The molecule has 1 aliphatic rings. The third-order valence-electron chi connectivity index (χ3n) is 1.57. The molecule has 2 nitrogen and oxygen atoms in total. The van der Waals surface area contributed by atoms with Gasteiger partial charge in [0.15, 0.2) is 0 Å². The van der Waals surface area contributed by atoms with E-state index in [4.69, 9.17) is 6.42 Å². The minimum Gasteiger partial charge on any atom is -0.316 e. The summed E-state index contributed by atoms with van der Waals surface area (Å²) in [5, 5.41) is 3.07. The summed E-state index contributed by atoms with van der Waals surface area (Å²) in [6.07, 6.45) is 5.83. The summed E-state index contributed by atoms with van der Waals surface area (Å²) in [6, 6.07) is 0. The molecule has 1 fully saturated rings. The van der Waals surface area contributed by atoms with Gasteiger partial charge in [-0.3, -0.25) is 4.79 Å². The number of ketones is 1. The lowest BCUT2D eigenvalue weighted by atomic mass is 10.0. The maximum absolute atomic E-state index is 10.7. The van der Waals surface area contributed by atoms with Crippen molar-refractivity contribution in [3.05, 3.63) is 0 Å². The molecule has 1 rings (SSSR count). The molecule has 1 atom stereocenters. The number of nitrogens with one attached hydrogen (secondary N) is 1. The van der Waals surface area contributed by atoms with Gasteiger partial charge in [-0.15, -0.1) is 6.42 Å². The van der Waals surface area contributed by atoms with Crippen molar-refractivity contribution in [2.45, 2.75) is 6.42 Å². The minimum absolute atomic E-state index is 0.0556. The molecule has 0 aromatic carbocycles. The molecule has 1 heterocycles. The van der Waals surface area contributed by atoms with Gasteiger partial charge < -0.3 is 5.32 Å². The number of hydrogen-bond donors (Lipinski definition) is 1. The maximum atomic E-state index is 10.7. The van der Waals surface area contributed by atoms with E-state index in [0.29, 0.717) is 0 Å². The smallest absolute Gasteiger partial charge is 0.209 e. The van der Waals surface area contributed by atoms with E-state index in [0.717, 1.165) is 19.5 Å². The average Bonchev–Trinajstić information content (AvgIpc) is 2.37. The van der Waals surface area contributed by atoms with Crippen molar-refractivity contribution < 1.29 is 4.79 Å². The number of hydrogen-bond acceptors (Lipinski definition) is 2. The largest absolute Gasteiger partial charge is 0.316 e. The van der Waals surface area contributed by atoms with Gasteiger partial charge in [-0.2, -0.15) is 0 Å². The van der Waals surface area contributed by atoms with Gasteiger partial charge in [-0.05, 0) is 18.9 Å². The normalized spacial score (nSPS) is 25.4. The van der Waals surface area contributed by atoms with Crippen LogP contribution in [0, 0.1) is 18.3 Å². The summed E-state index contributed by atoms with van der Waals surface area (Å²) in [7, 11) is 0. The Balaban J connectivity index is 2.44. The topological polar surface area (TPSA) is 29.1 Å². The Labute approximate surface area is 54.6 Å². The van der Waals surface area contributed by atoms with Crippen LogP contribution in [0.3, 0.4) is 0 Å². The van der Waals surface area contributed by atoms with Crippen LogP contribution in [-0.2, 0) is 4.79 Å². The molecule has 0 aromatic heterocycles. The number of terminal acetylenes is 1. The highest BCUT2D eigenvalue weighted by Gasteiger charge is 2.19. The van der Waals surface area contributed by atoms with Crippen LogP contribution in [0.2, 0.25) is 0 Å². The van der Waals surface area contributed by atoms with E-state index in [1.54, 1.807) is 0 Å². The van der Waals surface area contributed by atoms with Crippen molar-refractivity contribution in [2.24, 2.45) is 5.92 Å². The van der Waals surface area contributed by atoms with Crippen molar-refractivity contribution in [1.29, 1.82) is 0 Å². The fourth-order valence-electron chi connectivity index (χ4n) is 0.996. The summed E-state index contributed by atoms with van der Waals surface area (Å²) < 4.78 is 0. The van der Waals surface area contributed by atoms with Gasteiger partial charge in [0.2, 0.25) is 5.78 Å². The van der Waals surface area contributed by atoms with Crippen molar-refractivity contribution in [2.75, 3.05) is 13.1 Å². The Morgan fingerprint density at radius 3 is 3.00 bits per heavy atom. The zero-order valence-corrected chi connectivity index (χ0v) is 5.18. The van der Waals surface area contributed by atoms with Gasteiger partial charge in [0.1, 0.15) is 0 Å². The number of carbonyl (C=O) groups is 1. The Kier molecular flexibility index (Phi) is 1.86. The van der Waals surface area contributed by atoms with Crippen LogP contribution in [-0.4, -0.2) is 18.9 Å². The van der Waals surface area contributed by atoms with Crippen LogP contribution in [0.4, 0.5) is 0 Å². The first-order valence-corrected chi connectivity index (χ1v) is 3.06. The number of Topliss-reactive ketones (excluding diaryl/α,β-unsaturated/α-hetero) is 1. The third-order valence-corrected chi connectivity index (χ3v) is 1.57. The van der Waals surface area contributed by atoms with E-state index >= 15 is 0 Å². The number of carbonyl (C=O) groups excluding carboxylic acids is 1. The van der Waals surface area contributed by atoms with Crippen molar-refractivity contribution in [1.82, 2.24) is 5.32 Å². The lowest BCUT2D eigenvalue weighted by molar-refractivity contribution is -0.116. The SMILES string of the molecule is C#CC(=O)[C@@H]1CCNC1. The molecule has 1 N–H and O–H groups in total. The van der Waals surface area contributed by atoms with Gasteiger partial charge in [-0.25, -0.2) is 0 Å². The Bertz CT molecular complexity index is 151. The van der Waals surface area contributed by atoms with Gasteiger partial charge in [0.25, 0.3) is 0 Å². The van der Waals surface area contributed by atoms with Gasteiger partial charge >= 0.3 is 0 Å². The van der Waals surface area contributed by atoms with Crippen LogP contribution < -0.4 is 5.32 Å². The molecular formula is C7H9NO. The molecule has 0 saturated carbocycles. The van der Waals surface area contributed by atoms with Crippen LogP contribution in [0.25, 0.3) is 0 Å².